The Hall–Kier alpha value is 0.315. The molecule has 0 nitrogen and oxygen atoms in total. The molecule has 0 N–H and O–H groups in total. The number of aryl methyl sites for hydroxylation is 6. The van der Waals surface area contributed by atoms with Gasteiger partial charge in [-0.2, -0.15) is 338 Å². The molecule has 0 saturated carbocycles. The monoisotopic (exact) mass is 2390 g/mol. The Bertz CT molecular complexity index is 3570. The molecule has 0 spiro atoms. The molecular formula is C119H162Y9-18. The van der Waals surface area contributed by atoms with Crippen molar-refractivity contribution in [2.45, 2.75) is 235 Å². The molecule has 11 aromatic carbocycles. The van der Waals surface area contributed by atoms with E-state index in [-0.39, 0.29) is 294 Å². The van der Waals surface area contributed by atoms with Crippen LogP contribution in [0.5, 0.6) is 0 Å². The number of rotatable bonds is 14. The molecule has 0 aromatic heterocycles. The SMILES string of the molecule is CC.CC.CC.CC.CC.CC.CC.CC.CC.CC.[CH-]=CCc1[c-]cccc1.[CH2-]C1C=CC=CC1[CH2-].[CH2-]CCc1[c-]cccc1.[CH2-]CCc1[c-]cccc1.[CH2-]CCc1[c-]cccc1.[CH2-]CCc1[c-]cccc1.[CH2-]Cc1[c-]cccc1.[CH2-]Cc1ccccc1[CH2-].[CH2-]c1ccccc1Cc1[c-]cccc1.[Y].[Y].[Y].[Y].[Y].[Y].[Y].[Y].[Y].c1ccc2c(c1)CCc1ccccc1C2. The van der Waals surface area contributed by atoms with Crippen molar-refractivity contribution in [3.05, 3.63) is 499 Å². The van der Waals surface area contributed by atoms with Crippen LogP contribution in [0, 0.1) is 130 Å². The first-order chi connectivity index (χ1) is 58.5. The summed E-state index contributed by atoms with van der Waals surface area (Å²) in [4.78, 5) is 0. The van der Waals surface area contributed by atoms with Crippen LogP contribution in [-0.4, -0.2) is 0 Å². The third kappa shape index (κ3) is 96.6. The van der Waals surface area contributed by atoms with Gasteiger partial charge in [-0.05, 0) is 41.5 Å². The van der Waals surface area contributed by atoms with Gasteiger partial charge in [0.1, 0.15) is 0 Å². The topological polar surface area (TPSA) is 0 Å². The summed E-state index contributed by atoms with van der Waals surface area (Å²) in [6.07, 6.45) is 24.7. The van der Waals surface area contributed by atoms with Crippen molar-refractivity contribution in [2.24, 2.45) is 11.8 Å². The minimum Gasteiger partial charge on any atom is -0.518 e. The Labute approximate surface area is 1020 Å². The van der Waals surface area contributed by atoms with Crippen LogP contribution in [0.15, 0.2) is 297 Å². The van der Waals surface area contributed by atoms with Crippen LogP contribution in [0.1, 0.15) is 248 Å². The summed E-state index contributed by atoms with van der Waals surface area (Å²) in [5.74, 6) is 0.750. The predicted octanol–water partition coefficient (Wildman–Crippen LogP) is 34.0. The molecule has 13 rings (SSSR count). The average Bonchev–Trinajstić information content (AvgIpc) is 1.69. The van der Waals surface area contributed by atoms with Crippen LogP contribution >= 0.6 is 0 Å². The molecule has 0 heterocycles. The fourth-order valence-corrected chi connectivity index (χ4v) is 9.77. The molecule has 683 valence electrons. The third-order valence-electron chi connectivity index (χ3n) is 15.4. The molecular weight excluding hydrogens is 2230 g/mol. The number of fused-ring (bicyclic) bond motifs is 2. The van der Waals surface area contributed by atoms with Crippen molar-refractivity contribution in [1.29, 1.82) is 0 Å². The molecule has 2 unspecified atom stereocenters. The molecule has 0 amide bonds. The summed E-state index contributed by atoms with van der Waals surface area (Å²) in [6.45, 7) is 83.4. The maximum Gasteiger partial charge on any atom is 0 e. The fraction of sp³-hybridized carbons (Fsp3) is 0.311. The van der Waals surface area contributed by atoms with E-state index in [1.54, 1.807) is 6.08 Å². The molecule has 2 aliphatic carbocycles. The number of hydrogen-bond acceptors (Lipinski definition) is 0. The van der Waals surface area contributed by atoms with Crippen LogP contribution in [0.4, 0.5) is 0 Å². The van der Waals surface area contributed by atoms with E-state index >= 15 is 0 Å². The normalized spacial score (nSPS) is 9.94. The van der Waals surface area contributed by atoms with Gasteiger partial charge in [-0.3, -0.25) is 6.08 Å². The Morgan fingerprint density at radius 1 is 0.273 bits per heavy atom. The minimum atomic E-state index is 0. The van der Waals surface area contributed by atoms with Gasteiger partial charge in [-0.25, -0.2) is 6.42 Å². The van der Waals surface area contributed by atoms with Gasteiger partial charge in [0.2, 0.25) is 0 Å². The molecule has 9 radical (unpaired) electrons. The van der Waals surface area contributed by atoms with E-state index in [2.05, 4.69) is 215 Å². The van der Waals surface area contributed by atoms with E-state index in [0.717, 1.165) is 100 Å². The maximum absolute atomic E-state index is 5.22. The van der Waals surface area contributed by atoms with Crippen LogP contribution < -0.4 is 0 Å². The van der Waals surface area contributed by atoms with Crippen LogP contribution in [0.3, 0.4) is 0 Å². The average molecular weight is 2390 g/mol. The summed E-state index contributed by atoms with van der Waals surface area (Å²) >= 11 is 0. The summed E-state index contributed by atoms with van der Waals surface area (Å²) in [6, 6.07) is 112. The zero-order valence-electron chi connectivity index (χ0n) is 83.9. The van der Waals surface area contributed by atoms with Crippen molar-refractivity contribution >= 4 is 0 Å². The Balaban J connectivity index is -0.0000000759. The van der Waals surface area contributed by atoms with Gasteiger partial charge in [0.15, 0.2) is 0 Å². The second-order valence-electron chi connectivity index (χ2n) is 23.1. The smallest absolute Gasteiger partial charge is 0 e. The first-order valence-electron chi connectivity index (χ1n) is 44.5. The van der Waals surface area contributed by atoms with Crippen molar-refractivity contribution < 1.29 is 294 Å². The Morgan fingerprint density at radius 2 is 0.500 bits per heavy atom. The summed E-state index contributed by atoms with van der Waals surface area (Å²) in [5.41, 5.74) is 19.3. The molecule has 2 aliphatic rings. The van der Waals surface area contributed by atoms with Gasteiger partial charge < -0.3 is 62.0 Å². The van der Waals surface area contributed by atoms with Crippen molar-refractivity contribution in [1.82, 2.24) is 0 Å². The molecule has 11 aromatic rings. The van der Waals surface area contributed by atoms with Gasteiger partial charge >= 0.3 is 0 Å². The van der Waals surface area contributed by atoms with Crippen molar-refractivity contribution in [3.8, 4) is 0 Å². The largest absolute Gasteiger partial charge is 0.518 e. The van der Waals surface area contributed by atoms with Crippen LogP contribution in [0.2, 0.25) is 0 Å². The summed E-state index contributed by atoms with van der Waals surface area (Å²) in [7, 11) is 0. The molecule has 0 bridgehead atoms. The third-order valence-corrected chi connectivity index (χ3v) is 15.4. The molecule has 0 fully saturated rings. The van der Waals surface area contributed by atoms with Gasteiger partial charge in [0.25, 0.3) is 0 Å². The van der Waals surface area contributed by atoms with Gasteiger partial charge in [0.05, 0.1) is 0 Å². The van der Waals surface area contributed by atoms with Crippen LogP contribution in [0.25, 0.3) is 0 Å². The predicted molar refractivity (Wildman–Crippen MR) is 540 cm³/mol. The first kappa shape index (κ1) is 165. The maximum atomic E-state index is 5.22. The van der Waals surface area contributed by atoms with E-state index in [1.165, 1.54) is 79.6 Å². The number of allylic oxidation sites excluding steroid dienone is 5. The van der Waals surface area contributed by atoms with Gasteiger partial charge in [-0.1, -0.05) is 250 Å². The van der Waals surface area contributed by atoms with Gasteiger partial charge in [0, 0.05) is 294 Å². The number of benzene rings is 11. The molecule has 0 aliphatic heterocycles. The molecule has 0 saturated heterocycles. The minimum absolute atomic E-state index is 0. The fourth-order valence-electron chi connectivity index (χ4n) is 9.77. The molecule has 2 atom stereocenters. The van der Waals surface area contributed by atoms with E-state index in [9.17, 15) is 0 Å². The summed E-state index contributed by atoms with van der Waals surface area (Å²) < 4.78 is 0. The standard InChI is InChI=1S/C15H14.C14H12.5C9H10.C9H8.C8H10.C8H8.10C2H6.9Y/c1-3-7-14-11-15-8-4-2-6-13(15)10-9-12(14)5-1;1-12-7-5-6-10-14(12)11-13-8-3-2-4-9-13;1-3-9-7-5-4-6-8(9)2;5*1-2-6-9-7-4-3-5-8-9;1-7-5-3-4-6-8(7)2;1-2-8-6-4-3-5-7-8;10*1-2;;;;;;;;;/h1-8H,9-11H2;2-8,10H,1,11H2;4-7H,1-3H2;4*3-5,7H,1-2,6H2;1-5,7H,6H2;3-8H,1-2H2;3-6H,1-2H2;10*1-2H3;;;;;;;;;/q;9*-2;;;;;;;;;;;;;;;;;;;. The first-order valence-corrected chi connectivity index (χ1v) is 44.5. The number of hydrogen-bond donors (Lipinski definition) is 0. The van der Waals surface area contributed by atoms with E-state index < -0.39 is 0 Å². The summed E-state index contributed by atoms with van der Waals surface area (Å²) in [5, 5.41) is 0. The molecule has 9 heteroatoms. The van der Waals surface area contributed by atoms with Crippen molar-refractivity contribution in [2.75, 3.05) is 0 Å². The zero-order valence-corrected chi connectivity index (χ0v) is 109. The van der Waals surface area contributed by atoms with E-state index in [4.69, 9.17) is 6.58 Å². The Morgan fingerprint density at radius 3 is 0.711 bits per heavy atom. The second kappa shape index (κ2) is 136. The van der Waals surface area contributed by atoms with E-state index in [1.807, 2.05) is 327 Å². The second-order valence-corrected chi connectivity index (χ2v) is 23.1. The molecule has 128 heavy (non-hydrogen) atoms. The Kier molecular flexibility index (Phi) is 175. The quantitative estimate of drug-likeness (QED) is 0.0952. The van der Waals surface area contributed by atoms with Crippen molar-refractivity contribution in [3.63, 3.8) is 0 Å². The van der Waals surface area contributed by atoms with Crippen LogP contribution in [-0.2, 0) is 365 Å². The van der Waals surface area contributed by atoms with Gasteiger partial charge in [-0.15, -0.1) is 42.0 Å². The zero-order chi connectivity index (χ0) is 91.0. The van der Waals surface area contributed by atoms with E-state index in [0.29, 0.717) is 11.8 Å².